The fraction of sp³-hybridized carbons (Fsp3) is 0.455. The van der Waals surface area contributed by atoms with Gasteiger partial charge in [-0.3, -0.25) is 4.79 Å². The zero-order valence-electron chi connectivity index (χ0n) is 9.23. The van der Waals surface area contributed by atoms with Crippen LogP contribution in [0.2, 0.25) is 0 Å². The molecule has 1 aliphatic rings. The van der Waals surface area contributed by atoms with Gasteiger partial charge >= 0.3 is 0 Å². The Bertz CT molecular complexity index is 389. The zero-order valence-corrected chi connectivity index (χ0v) is 9.23. The van der Waals surface area contributed by atoms with Crippen molar-refractivity contribution in [2.45, 2.75) is 31.8 Å². The maximum Gasteiger partial charge on any atom is 0.242 e. The Balaban J connectivity index is 1.90. The van der Waals surface area contributed by atoms with Gasteiger partial charge in [0, 0.05) is 24.0 Å². The summed E-state index contributed by atoms with van der Waals surface area (Å²) < 4.78 is 0. The average Bonchev–Trinajstić information content (AvgIpc) is 3.01. The standard InChI is InChI=1S/C11H16N4O/c1-7(11(16)15-8-2-3-8)14-9-4-5-13-10(12)6-9/h4-8H,2-3H2,1H3,(H,15,16)(H3,12,13,14). The fourth-order valence-electron chi connectivity index (χ4n) is 1.41. The molecule has 1 aromatic heterocycles. The first-order valence-corrected chi connectivity index (χ1v) is 5.43. The summed E-state index contributed by atoms with van der Waals surface area (Å²) in [6.45, 7) is 1.83. The monoisotopic (exact) mass is 220 g/mol. The topological polar surface area (TPSA) is 80.0 Å². The molecule has 1 aliphatic carbocycles. The van der Waals surface area contributed by atoms with Crippen LogP contribution < -0.4 is 16.4 Å². The molecule has 0 aromatic carbocycles. The summed E-state index contributed by atoms with van der Waals surface area (Å²) in [5, 5.41) is 6.02. The predicted molar refractivity (Wildman–Crippen MR) is 62.9 cm³/mol. The SMILES string of the molecule is CC(Nc1ccnc(N)c1)C(=O)NC1CC1. The zero-order chi connectivity index (χ0) is 11.5. The van der Waals surface area contributed by atoms with Gasteiger partial charge < -0.3 is 16.4 Å². The van der Waals surface area contributed by atoms with Gasteiger partial charge in [-0.15, -0.1) is 0 Å². The van der Waals surface area contributed by atoms with Crippen molar-refractivity contribution in [2.24, 2.45) is 0 Å². The molecular formula is C11H16N4O. The number of carbonyl (C=O) groups excluding carboxylic acids is 1. The Labute approximate surface area is 94.4 Å². The van der Waals surface area contributed by atoms with Gasteiger partial charge in [0.05, 0.1) is 0 Å². The molecule has 0 spiro atoms. The van der Waals surface area contributed by atoms with Gasteiger partial charge in [0.2, 0.25) is 5.91 Å². The van der Waals surface area contributed by atoms with E-state index in [1.165, 1.54) is 0 Å². The molecule has 1 heterocycles. The van der Waals surface area contributed by atoms with Crippen molar-refractivity contribution in [2.75, 3.05) is 11.1 Å². The molecule has 1 aromatic rings. The number of nitrogen functional groups attached to an aromatic ring is 1. The van der Waals surface area contributed by atoms with Crippen molar-refractivity contribution in [3.05, 3.63) is 18.3 Å². The van der Waals surface area contributed by atoms with Crippen LogP contribution >= 0.6 is 0 Å². The molecule has 2 rings (SSSR count). The molecule has 86 valence electrons. The highest BCUT2D eigenvalue weighted by atomic mass is 16.2. The Morgan fingerprint density at radius 1 is 1.62 bits per heavy atom. The molecule has 0 radical (unpaired) electrons. The summed E-state index contributed by atoms with van der Waals surface area (Å²) >= 11 is 0. The number of nitrogens with one attached hydrogen (secondary N) is 2. The van der Waals surface area contributed by atoms with E-state index in [-0.39, 0.29) is 11.9 Å². The Morgan fingerprint density at radius 3 is 3.00 bits per heavy atom. The summed E-state index contributed by atoms with van der Waals surface area (Å²) in [5.74, 6) is 0.470. The lowest BCUT2D eigenvalue weighted by molar-refractivity contribution is -0.121. The highest BCUT2D eigenvalue weighted by molar-refractivity contribution is 5.84. The van der Waals surface area contributed by atoms with Crippen LogP contribution in [-0.2, 0) is 4.79 Å². The van der Waals surface area contributed by atoms with Gasteiger partial charge in [-0.25, -0.2) is 4.98 Å². The van der Waals surface area contributed by atoms with E-state index in [0.717, 1.165) is 18.5 Å². The Morgan fingerprint density at radius 2 is 2.38 bits per heavy atom. The Hall–Kier alpha value is -1.78. The normalized spacial score (nSPS) is 16.6. The minimum Gasteiger partial charge on any atom is -0.384 e. The summed E-state index contributed by atoms with van der Waals surface area (Å²) in [6, 6.07) is 3.62. The number of nitrogens with zero attached hydrogens (tertiary/aromatic N) is 1. The predicted octanol–water partition coefficient (Wildman–Crippen LogP) is 0.743. The van der Waals surface area contributed by atoms with Crippen LogP contribution in [0.15, 0.2) is 18.3 Å². The molecule has 0 bridgehead atoms. The van der Waals surface area contributed by atoms with Crippen LogP contribution in [0.25, 0.3) is 0 Å². The van der Waals surface area contributed by atoms with Crippen LogP contribution in [0, 0.1) is 0 Å². The van der Waals surface area contributed by atoms with Crippen LogP contribution in [0.5, 0.6) is 0 Å². The lowest BCUT2D eigenvalue weighted by Gasteiger charge is -2.14. The first-order valence-electron chi connectivity index (χ1n) is 5.43. The summed E-state index contributed by atoms with van der Waals surface area (Å²) in [4.78, 5) is 15.5. The first-order chi connectivity index (χ1) is 7.65. The summed E-state index contributed by atoms with van der Waals surface area (Å²) in [5.41, 5.74) is 6.36. The summed E-state index contributed by atoms with van der Waals surface area (Å²) in [7, 11) is 0. The van der Waals surface area contributed by atoms with Gasteiger partial charge in [0.1, 0.15) is 11.9 Å². The minimum atomic E-state index is -0.262. The Kier molecular flexibility index (Phi) is 2.94. The molecule has 0 saturated heterocycles. The number of aromatic nitrogens is 1. The molecule has 1 atom stereocenters. The van der Waals surface area contributed by atoms with Gasteiger partial charge in [0.25, 0.3) is 0 Å². The molecule has 0 aliphatic heterocycles. The number of hydrogen-bond donors (Lipinski definition) is 3. The molecule has 1 amide bonds. The van der Waals surface area contributed by atoms with Crippen molar-refractivity contribution in [1.82, 2.24) is 10.3 Å². The van der Waals surface area contributed by atoms with Crippen molar-refractivity contribution in [1.29, 1.82) is 0 Å². The van der Waals surface area contributed by atoms with Gasteiger partial charge in [-0.1, -0.05) is 0 Å². The van der Waals surface area contributed by atoms with Crippen LogP contribution in [-0.4, -0.2) is 23.0 Å². The maximum absolute atomic E-state index is 11.7. The van der Waals surface area contributed by atoms with E-state index in [4.69, 9.17) is 5.73 Å². The van der Waals surface area contributed by atoms with Crippen LogP contribution in [0.1, 0.15) is 19.8 Å². The van der Waals surface area contributed by atoms with Crippen LogP contribution in [0.4, 0.5) is 11.5 Å². The van der Waals surface area contributed by atoms with E-state index in [2.05, 4.69) is 15.6 Å². The number of carbonyl (C=O) groups is 1. The van der Waals surface area contributed by atoms with E-state index >= 15 is 0 Å². The number of amides is 1. The largest absolute Gasteiger partial charge is 0.384 e. The lowest BCUT2D eigenvalue weighted by Crippen LogP contribution is -2.38. The van der Waals surface area contributed by atoms with E-state index in [0.29, 0.717) is 11.9 Å². The third-order valence-electron chi connectivity index (χ3n) is 2.48. The summed E-state index contributed by atoms with van der Waals surface area (Å²) in [6.07, 6.45) is 3.81. The van der Waals surface area contributed by atoms with Gasteiger partial charge in [0.15, 0.2) is 0 Å². The van der Waals surface area contributed by atoms with E-state index < -0.39 is 0 Å². The van der Waals surface area contributed by atoms with Crippen molar-refractivity contribution in [3.63, 3.8) is 0 Å². The molecule has 1 fully saturated rings. The molecule has 16 heavy (non-hydrogen) atoms. The molecule has 4 N–H and O–H groups in total. The molecule has 1 saturated carbocycles. The van der Waals surface area contributed by atoms with Crippen molar-refractivity contribution in [3.8, 4) is 0 Å². The number of anilines is 2. The quantitative estimate of drug-likeness (QED) is 0.699. The van der Waals surface area contributed by atoms with Crippen LogP contribution in [0.3, 0.4) is 0 Å². The van der Waals surface area contributed by atoms with Gasteiger partial charge in [-0.2, -0.15) is 0 Å². The number of nitrogens with two attached hydrogens (primary N) is 1. The number of hydrogen-bond acceptors (Lipinski definition) is 4. The average molecular weight is 220 g/mol. The van der Waals surface area contributed by atoms with E-state index in [1.807, 2.05) is 6.92 Å². The molecular weight excluding hydrogens is 204 g/mol. The minimum absolute atomic E-state index is 0.0258. The third kappa shape index (κ3) is 2.85. The van der Waals surface area contributed by atoms with Gasteiger partial charge in [-0.05, 0) is 25.8 Å². The maximum atomic E-state index is 11.7. The van der Waals surface area contributed by atoms with Crippen molar-refractivity contribution < 1.29 is 4.79 Å². The molecule has 1 unspecified atom stereocenters. The molecule has 5 nitrogen and oxygen atoms in total. The molecule has 5 heteroatoms. The number of pyridine rings is 1. The number of rotatable bonds is 4. The fourth-order valence-corrected chi connectivity index (χ4v) is 1.41. The highest BCUT2D eigenvalue weighted by Crippen LogP contribution is 2.19. The van der Waals surface area contributed by atoms with Crippen molar-refractivity contribution >= 4 is 17.4 Å². The second kappa shape index (κ2) is 4.38. The van der Waals surface area contributed by atoms with E-state index in [9.17, 15) is 4.79 Å². The first kappa shape index (κ1) is 10.7. The highest BCUT2D eigenvalue weighted by Gasteiger charge is 2.25. The second-order valence-corrected chi connectivity index (χ2v) is 4.12. The lowest BCUT2D eigenvalue weighted by atomic mass is 10.2. The second-order valence-electron chi connectivity index (χ2n) is 4.12. The van der Waals surface area contributed by atoms with E-state index in [1.54, 1.807) is 18.3 Å². The smallest absolute Gasteiger partial charge is 0.242 e. The third-order valence-corrected chi connectivity index (χ3v) is 2.48.